The van der Waals surface area contributed by atoms with Crippen LogP contribution >= 0.6 is 11.8 Å². The fourth-order valence-corrected chi connectivity index (χ4v) is 3.88. The zero-order valence-corrected chi connectivity index (χ0v) is 11.2. The molecule has 1 saturated carbocycles. The molecule has 0 saturated heterocycles. The normalized spacial score (nSPS) is 36.2. The maximum atomic E-state index is 9.54. The first-order valence-corrected chi connectivity index (χ1v) is 6.99. The Morgan fingerprint density at radius 1 is 1.33 bits per heavy atom. The predicted octanol–water partition coefficient (Wildman–Crippen LogP) is 2.27. The van der Waals surface area contributed by atoms with Gasteiger partial charge in [-0.15, -0.1) is 0 Å². The van der Waals surface area contributed by atoms with Crippen molar-refractivity contribution in [1.29, 1.82) is 0 Å². The van der Waals surface area contributed by atoms with Crippen LogP contribution in [-0.2, 0) is 0 Å². The van der Waals surface area contributed by atoms with Gasteiger partial charge in [0.15, 0.2) is 0 Å². The smallest absolute Gasteiger partial charge is 0.0628 e. The number of hydrogen-bond donors (Lipinski definition) is 2. The van der Waals surface area contributed by atoms with E-state index in [1.54, 1.807) is 0 Å². The van der Waals surface area contributed by atoms with Crippen LogP contribution in [-0.4, -0.2) is 34.8 Å². The molecule has 90 valence electrons. The molecule has 5 atom stereocenters. The highest BCUT2D eigenvalue weighted by Gasteiger charge is 2.29. The number of nitrogens with one attached hydrogen (secondary N) is 1. The van der Waals surface area contributed by atoms with Crippen molar-refractivity contribution in [2.75, 3.05) is 7.05 Å². The van der Waals surface area contributed by atoms with Crippen molar-refractivity contribution in [3.8, 4) is 0 Å². The quantitative estimate of drug-likeness (QED) is 0.778. The van der Waals surface area contributed by atoms with Crippen molar-refractivity contribution < 1.29 is 5.11 Å². The van der Waals surface area contributed by atoms with Gasteiger partial charge in [-0.25, -0.2) is 0 Å². The van der Waals surface area contributed by atoms with Gasteiger partial charge in [0, 0.05) is 16.5 Å². The van der Waals surface area contributed by atoms with Crippen LogP contribution in [0, 0.1) is 5.92 Å². The highest BCUT2D eigenvalue weighted by molar-refractivity contribution is 8.00. The maximum Gasteiger partial charge on any atom is 0.0628 e. The average Bonchev–Trinajstić information content (AvgIpc) is 2.18. The van der Waals surface area contributed by atoms with Gasteiger partial charge in [0.25, 0.3) is 0 Å². The Hall–Kier alpha value is 0.270. The molecule has 0 heterocycles. The van der Waals surface area contributed by atoms with E-state index in [9.17, 15) is 5.11 Å². The largest absolute Gasteiger partial charge is 0.392 e. The lowest BCUT2D eigenvalue weighted by Crippen LogP contribution is -2.41. The van der Waals surface area contributed by atoms with Crippen LogP contribution in [0.25, 0.3) is 0 Å². The first-order valence-electron chi connectivity index (χ1n) is 6.05. The number of aliphatic hydroxyl groups is 1. The lowest BCUT2D eigenvalue weighted by atomic mass is 9.87. The van der Waals surface area contributed by atoms with E-state index in [1.165, 1.54) is 19.3 Å². The molecule has 0 aromatic rings. The van der Waals surface area contributed by atoms with Crippen LogP contribution in [0.1, 0.15) is 40.0 Å². The summed E-state index contributed by atoms with van der Waals surface area (Å²) in [6.07, 6.45) is 3.70. The van der Waals surface area contributed by atoms with E-state index in [1.807, 2.05) is 18.7 Å². The van der Waals surface area contributed by atoms with E-state index in [4.69, 9.17) is 0 Å². The summed E-state index contributed by atoms with van der Waals surface area (Å²) >= 11 is 1.95. The number of thioether (sulfide) groups is 1. The van der Waals surface area contributed by atoms with E-state index < -0.39 is 0 Å². The minimum Gasteiger partial charge on any atom is -0.392 e. The standard InChI is InChI=1S/C12H25NOS/c1-8-5-6-11(13-4)12(7-8)15-10(3)9(2)14/h8-14H,5-7H2,1-4H3. The zero-order valence-electron chi connectivity index (χ0n) is 10.4. The Morgan fingerprint density at radius 2 is 2.00 bits per heavy atom. The van der Waals surface area contributed by atoms with Crippen LogP contribution in [0.4, 0.5) is 0 Å². The molecule has 2 nitrogen and oxygen atoms in total. The van der Waals surface area contributed by atoms with E-state index in [0.29, 0.717) is 16.5 Å². The molecule has 15 heavy (non-hydrogen) atoms. The van der Waals surface area contributed by atoms with Gasteiger partial charge in [-0.3, -0.25) is 0 Å². The van der Waals surface area contributed by atoms with Crippen LogP contribution in [0.15, 0.2) is 0 Å². The third-order valence-corrected chi connectivity index (χ3v) is 5.19. The summed E-state index contributed by atoms with van der Waals surface area (Å²) in [7, 11) is 2.06. The molecule has 0 aromatic carbocycles. The Balaban J connectivity index is 2.48. The van der Waals surface area contributed by atoms with Crippen LogP contribution < -0.4 is 5.32 Å². The van der Waals surface area contributed by atoms with Gasteiger partial charge in [0.2, 0.25) is 0 Å². The molecule has 0 aliphatic heterocycles. The topological polar surface area (TPSA) is 32.3 Å². The van der Waals surface area contributed by atoms with Crippen molar-refractivity contribution >= 4 is 11.8 Å². The first kappa shape index (κ1) is 13.3. The Labute approximate surface area is 98.2 Å². The summed E-state index contributed by atoms with van der Waals surface area (Å²) in [6.45, 7) is 6.35. The van der Waals surface area contributed by atoms with Gasteiger partial charge in [-0.2, -0.15) is 11.8 Å². The zero-order chi connectivity index (χ0) is 11.4. The Kier molecular flexibility index (Phi) is 5.44. The minimum atomic E-state index is -0.204. The van der Waals surface area contributed by atoms with Gasteiger partial charge in [0.1, 0.15) is 0 Å². The number of aliphatic hydroxyl groups excluding tert-OH is 1. The summed E-state index contributed by atoms with van der Waals surface area (Å²) in [5.41, 5.74) is 0. The third kappa shape index (κ3) is 3.97. The van der Waals surface area contributed by atoms with E-state index in [-0.39, 0.29) is 6.10 Å². The summed E-state index contributed by atoms with van der Waals surface area (Å²) in [4.78, 5) is 0. The number of rotatable bonds is 4. The molecule has 0 amide bonds. The summed E-state index contributed by atoms with van der Waals surface area (Å²) in [5.74, 6) is 0.841. The molecule has 3 heteroatoms. The second-order valence-electron chi connectivity index (χ2n) is 4.93. The molecule has 0 spiro atoms. The molecule has 5 unspecified atom stereocenters. The SMILES string of the molecule is CNC1CCC(C)CC1SC(C)C(C)O. The highest BCUT2D eigenvalue weighted by Crippen LogP contribution is 2.35. The monoisotopic (exact) mass is 231 g/mol. The van der Waals surface area contributed by atoms with Crippen molar-refractivity contribution in [3.63, 3.8) is 0 Å². The minimum absolute atomic E-state index is 0.204. The molecule has 0 bridgehead atoms. The molecular weight excluding hydrogens is 206 g/mol. The molecule has 1 aliphatic carbocycles. The van der Waals surface area contributed by atoms with E-state index in [0.717, 1.165) is 5.92 Å². The summed E-state index contributed by atoms with van der Waals surface area (Å²) in [5, 5.41) is 14.0. The molecule has 0 radical (unpaired) electrons. The fourth-order valence-electron chi connectivity index (χ4n) is 2.20. The van der Waals surface area contributed by atoms with Gasteiger partial charge in [-0.1, -0.05) is 13.8 Å². The second-order valence-corrected chi connectivity index (χ2v) is 6.55. The lowest BCUT2D eigenvalue weighted by Gasteiger charge is -2.36. The van der Waals surface area contributed by atoms with Crippen LogP contribution in [0.3, 0.4) is 0 Å². The molecule has 2 N–H and O–H groups in total. The molecule has 1 aliphatic rings. The first-order chi connectivity index (χ1) is 7.04. The molecule has 1 rings (SSSR count). The Morgan fingerprint density at radius 3 is 2.53 bits per heavy atom. The number of hydrogen-bond acceptors (Lipinski definition) is 3. The highest BCUT2D eigenvalue weighted by atomic mass is 32.2. The molecule has 0 aromatic heterocycles. The Bertz CT molecular complexity index is 186. The van der Waals surface area contributed by atoms with Crippen molar-refractivity contribution in [2.45, 2.75) is 62.7 Å². The van der Waals surface area contributed by atoms with Crippen LogP contribution in [0.2, 0.25) is 0 Å². The predicted molar refractivity (Wildman–Crippen MR) is 68.4 cm³/mol. The van der Waals surface area contributed by atoms with Gasteiger partial charge >= 0.3 is 0 Å². The lowest BCUT2D eigenvalue weighted by molar-refractivity contribution is 0.195. The maximum absolute atomic E-state index is 9.54. The van der Waals surface area contributed by atoms with Crippen molar-refractivity contribution in [2.24, 2.45) is 5.92 Å². The molecule has 1 fully saturated rings. The summed E-state index contributed by atoms with van der Waals surface area (Å²) in [6, 6.07) is 0.632. The van der Waals surface area contributed by atoms with E-state index >= 15 is 0 Å². The van der Waals surface area contributed by atoms with Crippen LogP contribution in [0.5, 0.6) is 0 Å². The fraction of sp³-hybridized carbons (Fsp3) is 1.00. The van der Waals surface area contributed by atoms with Gasteiger partial charge in [0.05, 0.1) is 6.10 Å². The third-order valence-electron chi connectivity index (χ3n) is 3.49. The van der Waals surface area contributed by atoms with E-state index in [2.05, 4.69) is 26.2 Å². The second kappa shape index (κ2) is 6.12. The average molecular weight is 231 g/mol. The van der Waals surface area contributed by atoms with Gasteiger partial charge in [-0.05, 0) is 39.2 Å². The molecular formula is C12H25NOS. The van der Waals surface area contributed by atoms with Crippen molar-refractivity contribution in [1.82, 2.24) is 5.32 Å². The van der Waals surface area contributed by atoms with Gasteiger partial charge < -0.3 is 10.4 Å². The summed E-state index contributed by atoms with van der Waals surface area (Å²) < 4.78 is 0. The van der Waals surface area contributed by atoms with Crippen molar-refractivity contribution in [3.05, 3.63) is 0 Å².